The zero-order chi connectivity index (χ0) is 19.6. The van der Waals surface area contributed by atoms with Crippen LogP contribution in [-0.4, -0.2) is 69.8 Å². The van der Waals surface area contributed by atoms with Crippen molar-refractivity contribution in [2.45, 2.75) is 36.7 Å². The van der Waals surface area contributed by atoms with Crippen LogP contribution >= 0.6 is 0 Å². The van der Waals surface area contributed by atoms with Crippen molar-refractivity contribution in [1.29, 1.82) is 0 Å². The summed E-state index contributed by atoms with van der Waals surface area (Å²) in [6.45, 7) is 2.48. The van der Waals surface area contributed by atoms with Crippen LogP contribution in [-0.2, 0) is 21.9 Å². The summed E-state index contributed by atoms with van der Waals surface area (Å²) in [4.78, 5) is 12.9. The molecule has 0 spiro atoms. The molecule has 27 heavy (non-hydrogen) atoms. The van der Waals surface area contributed by atoms with E-state index < -0.39 is 16.0 Å². The van der Waals surface area contributed by atoms with Crippen LogP contribution in [0.15, 0.2) is 29.2 Å². The third kappa shape index (κ3) is 4.31. The first-order chi connectivity index (χ1) is 12.8. The summed E-state index contributed by atoms with van der Waals surface area (Å²) < 4.78 is 29.5. The number of likely N-dealkylation sites (N-methyl/N-ethyl adjacent to an activating group) is 1. The van der Waals surface area contributed by atoms with Gasteiger partial charge in [-0.15, -0.1) is 5.10 Å². The van der Waals surface area contributed by atoms with E-state index in [0.717, 1.165) is 0 Å². The molecule has 2 aromatic rings. The van der Waals surface area contributed by atoms with E-state index >= 15 is 0 Å². The van der Waals surface area contributed by atoms with Gasteiger partial charge in [-0.1, -0.05) is 19.1 Å². The van der Waals surface area contributed by atoms with Crippen LogP contribution in [0.5, 0.6) is 0 Å². The molecule has 1 heterocycles. The first kappa shape index (κ1) is 19.4. The molecule has 2 N–H and O–H groups in total. The van der Waals surface area contributed by atoms with E-state index in [1.807, 2.05) is 11.8 Å². The number of benzene rings is 1. The largest absolute Gasteiger partial charge is 0.480 e. The number of sulfonamides is 1. The Morgan fingerprint density at radius 1 is 1.41 bits per heavy atom. The van der Waals surface area contributed by atoms with Crippen molar-refractivity contribution in [3.8, 4) is 11.4 Å². The van der Waals surface area contributed by atoms with Gasteiger partial charge in [0, 0.05) is 24.7 Å². The van der Waals surface area contributed by atoms with Gasteiger partial charge in [-0.25, -0.2) is 17.8 Å². The SMILES string of the molecule is CCN(CC(=O)O)C1CC(NS(=O)(=O)c2cccc(-c3nnnn3C)c2)C1. The third-order valence-corrected chi connectivity index (χ3v) is 6.24. The van der Waals surface area contributed by atoms with Crippen LogP contribution in [0.4, 0.5) is 0 Å². The molecule has 0 saturated heterocycles. The number of nitrogens with one attached hydrogen (secondary N) is 1. The maximum atomic E-state index is 12.7. The van der Waals surface area contributed by atoms with Gasteiger partial charge in [-0.2, -0.15) is 0 Å². The number of aliphatic carboxylic acids is 1. The van der Waals surface area contributed by atoms with Crippen molar-refractivity contribution in [1.82, 2.24) is 29.8 Å². The second kappa shape index (κ2) is 7.71. The van der Waals surface area contributed by atoms with Gasteiger partial charge in [0.05, 0.1) is 11.4 Å². The highest BCUT2D eigenvalue weighted by atomic mass is 32.2. The Hall–Kier alpha value is -2.37. The lowest BCUT2D eigenvalue weighted by Crippen LogP contribution is -2.54. The predicted octanol–water partition coefficient (Wildman–Crippen LogP) is 0.0929. The van der Waals surface area contributed by atoms with E-state index in [0.29, 0.717) is 30.8 Å². The van der Waals surface area contributed by atoms with E-state index in [9.17, 15) is 13.2 Å². The summed E-state index contributed by atoms with van der Waals surface area (Å²) in [6, 6.07) is 6.32. The number of hydrogen-bond acceptors (Lipinski definition) is 7. The van der Waals surface area contributed by atoms with Gasteiger partial charge in [-0.3, -0.25) is 9.69 Å². The first-order valence-electron chi connectivity index (χ1n) is 8.61. The molecule has 1 saturated carbocycles. The van der Waals surface area contributed by atoms with Gasteiger partial charge in [0.15, 0.2) is 5.82 Å². The summed E-state index contributed by atoms with van der Waals surface area (Å²) in [5, 5.41) is 20.2. The lowest BCUT2D eigenvalue weighted by molar-refractivity contribution is -0.139. The number of aryl methyl sites for hydroxylation is 1. The van der Waals surface area contributed by atoms with Gasteiger partial charge in [0.25, 0.3) is 0 Å². The van der Waals surface area contributed by atoms with E-state index in [1.165, 1.54) is 16.8 Å². The summed E-state index contributed by atoms with van der Waals surface area (Å²) in [5.74, 6) is -0.404. The molecule has 1 fully saturated rings. The molecule has 1 aromatic heterocycles. The number of carboxylic acids is 1. The molecule has 0 radical (unpaired) electrons. The van der Waals surface area contributed by atoms with E-state index in [2.05, 4.69) is 20.2 Å². The van der Waals surface area contributed by atoms with Gasteiger partial charge >= 0.3 is 5.97 Å². The van der Waals surface area contributed by atoms with E-state index in [-0.39, 0.29) is 23.5 Å². The van der Waals surface area contributed by atoms with Crippen LogP contribution < -0.4 is 4.72 Å². The van der Waals surface area contributed by atoms with Crippen molar-refractivity contribution in [2.24, 2.45) is 7.05 Å². The van der Waals surface area contributed by atoms with Crippen molar-refractivity contribution in [3.05, 3.63) is 24.3 Å². The Morgan fingerprint density at radius 3 is 2.74 bits per heavy atom. The lowest BCUT2D eigenvalue weighted by atomic mass is 9.86. The van der Waals surface area contributed by atoms with Crippen LogP contribution in [0.3, 0.4) is 0 Å². The molecule has 1 aliphatic carbocycles. The Bertz CT molecular complexity index is 922. The molecule has 1 aliphatic rings. The fourth-order valence-corrected chi connectivity index (χ4v) is 4.53. The predicted molar refractivity (Wildman–Crippen MR) is 96.2 cm³/mol. The molecule has 10 nitrogen and oxygen atoms in total. The molecule has 146 valence electrons. The molecule has 1 aromatic carbocycles. The fourth-order valence-electron chi connectivity index (χ4n) is 3.22. The van der Waals surface area contributed by atoms with E-state index in [4.69, 9.17) is 5.11 Å². The summed E-state index contributed by atoms with van der Waals surface area (Å²) >= 11 is 0. The highest BCUT2D eigenvalue weighted by molar-refractivity contribution is 7.89. The van der Waals surface area contributed by atoms with Crippen LogP contribution in [0.1, 0.15) is 19.8 Å². The zero-order valence-corrected chi connectivity index (χ0v) is 15.9. The van der Waals surface area contributed by atoms with Crippen LogP contribution in [0, 0.1) is 0 Å². The summed E-state index contributed by atoms with van der Waals surface area (Å²) in [6.07, 6.45) is 1.18. The molecule has 3 rings (SSSR count). The Labute approximate surface area is 157 Å². The van der Waals surface area contributed by atoms with Crippen molar-refractivity contribution < 1.29 is 18.3 Å². The monoisotopic (exact) mass is 394 g/mol. The molecular weight excluding hydrogens is 372 g/mol. The number of hydrogen-bond donors (Lipinski definition) is 2. The average molecular weight is 394 g/mol. The van der Waals surface area contributed by atoms with Gasteiger partial charge in [-0.05, 0) is 41.9 Å². The standard InChI is InChI=1S/C16H22N6O4S/c1-3-22(10-15(23)24)13-8-12(9-13)18-27(25,26)14-6-4-5-11(7-14)16-17-19-20-21(16)2/h4-7,12-13,18H,3,8-10H2,1-2H3,(H,23,24). The molecular formula is C16H22N6O4S. The topological polar surface area (TPSA) is 130 Å². The number of rotatable bonds is 8. The Balaban J connectivity index is 1.67. The van der Waals surface area contributed by atoms with Crippen molar-refractivity contribution in [3.63, 3.8) is 0 Å². The quantitative estimate of drug-likeness (QED) is 0.644. The molecule has 0 unspecified atom stereocenters. The minimum atomic E-state index is -3.69. The minimum Gasteiger partial charge on any atom is -0.480 e. The zero-order valence-electron chi connectivity index (χ0n) is 15.1. The summed E-state index contributed by atoms with van der Waals surface area (Å²) in [5.41, 5.74) is 0.607. The highest BCUT2D eigenvalue weighted by Gasteiger charge is 2.36. The lowest BCUT2D eigenvalue weighted by Gasteiger charge is -2.42. The fraction of sp³-hybridized carbons (Fsp3) is 0.500. The van der Waals surface area contributed by atoms with Crippen molar-refractivity contribution in [2.75, 3.05) is 13.1 Å². The molecule has 0 atom stereocenters. The number of carboxylic acid groups (broad SMARTS) is 1. The second-order valence-corrected chi connectivity index (χ2v) is 8.27. The highest BCUT2D eigenvalue weighted by Crippen LogP contribution is 2.28. The number of carbonyl (C=O) groups is 1. The smallest absolute Gasteiger partial charge is 0.317 e. The molecule has 0 bridgehead atoms. The third-order valence-electron chi connectivity index (χ3n) is 4.72. The maximum Gasteiger partial charge on any atom is 0.317 e. The molecule has 0 aliphatic heterocycles. The Kier molecular flexibility index (Phi) is 5.53. The molecule has 0 amide bonds. The van der Waals surface area contributed by atoms with Gasteiger partial charge < -0.3 is 5.11 Å². The minimum absolute atomic E-state index is 0.0333. The normalized spacial score (nSPS) is 19.8. The van der Waals surface area contributed by atoms with Crippen molar-refractivity contribution >= 4 is 16.0 Å². The Morgan fingerprint density at radius 2 is 2.15 bits per heavy atom. The van der Waals surface area contributed by atoms with E-state index in [1.54, 1.807) is 19.2 Å². The van der Waals surface area contributed by atoms with Crippen LogP contribution in [0.25, 0.3) is 11.4 Å². The first-order valence-corrected chi connectivity index (χ1v) is 10.1. The van der Waals surface area contributed by atoms with Gasteiger partial charge in [0.1, 0.15) is 0 Å². The number of aromatic nitrogens is 4. The van der Waals surface area contributed by atoms with Gasteiger partial charge in [0.2, 0.25) is 10.0 Å². The summed E-state index contributed by atoms with van der Waals surface area (Å²) in [7, 11) is -2.01. The van der Waals surface area contributed by atoms with Crippen LogP contribution in [0.2, 0.25) is 0 Å². The average Bonchev–Trinajstić information content (AvgIpc) is 3.02. The molecule has 11 heteroatoms. The second-order valence-electron chi connectivity index (χ2n) is 6.55. The number of tetrazole rings is 1. The number of nitrogens with zero attached hydrogens (tertiary/aromatic N) is 5. The maximum absolute atomic E-state index is 12.7.